The number of hydrogen-bond acceptors (Lipinski definition) is 4. The van der Waals surface area contributed by atoms with Crippen LogP contribution in [0.3, 0.4) is 0 Å². The van der Waals surface area contributed by atoms with Crippen LogP contribution in [0.2, 0.25) is 0 Å². The lowest BCUT2D eigenvalue weighted by Crippen LogP contribution is -2.49. The molecule has 1 aromatic heterocycles. The second-order valence-corrected chi connectivity index (χ2v) is 7.90. The molecule has 1 amide bonds. The van der Waals surface area contributed by atoms with Gasteiger partial charge in [0.1, 0.15) is 0 Å². The van der Waals surface area contributed by atoms with E-state index in [4.69, 9.17) is 4.74 Å². The second-order valence-electron chi connectivity index (χ2n) is 7.90. The Morgan fingerprint density at radius 1 is 1.26 bits per heavy atom. The summed E-state index contributed by atoms with van der Waals surface area (Å²) < 4.78 is 5.68. The Morgan fingerprint density at radius 3 is 2.70 bits per heavy atom. The van der Waals surface area contributed by atoms with Gasteiger partial charge in [0.15, 0.2) is 0 Å². The number of H-pyrrole nitrogens is 1. The minimum Gasteiger partial charge on any atom is -0.379 e. The Hall–Kier alpha value is -2.18. The normalized spacial score (nSPS) is 28.1. The van der Waals surface area contributed by atoms with E-state index in [2.05, 4.69) is 44.7 Å². The molecule has 4 atom stereocenters. The van der Waals surface area contributed by atoms with Crippen LogP contribution in [-0.4, -0.2) is 53.3 Å². The highest BCUT2D eigenvalue weighted by atomic mass is 16.5. The predicted molar refractivity (Wildman–Crippen MR) is 104 cm³/mol. The summed E-state index contributed by atoms with van der Waals surface area (Å²) in [5, 5.41) is 10.5. The minimum absolute atomic E-state index is 0.0289. The molecule has 6 nitrogen and oxygen atoms in total. The molecule has 0 unspecified atom stereocenters. The number of aromatic amines is 1. The Balaban J connectivity index is 1.44. The van der Waals surface area contributed by atoms with Crippen LogP contribution in [0.1, 0.15) is 25.3 Å². The zero-order valence-corrected chi connectivity index (χ0v) is 16.0. The van der Waals surface area contributed by atoms with Crippen LogP contribution >= 0.6 is 0 Å². The number of aromatic nitrogens is 2. The molecule has 1 aliphatic heterocycles. The van der Waals surface area contributed by atoms with Crippen LogP contribution in [0, 0.1) is 11.8 Å². The van der Waals surface area contributed by atoms with E-state index in [-0.39, 0.29) is 18.1 Å². The lowest BCUT2D eigenvalue weighted by atomic mass is 9.77. The molecule has 2 N–H and O–H groups in total. The van der Waals surface area contributed by atoms with Crippen molar-refractivity contribution in [1.82, 2.24) is 20.4 Å². The first-order valence-corrected chi connectivity index (χ1v) is 9.74. The molecule has 144 valence electrons. The number of likely N-dealkylation sites (tertiary alicyclic amines) is 1. The van der Waals surface area contributed by atoms with E-state index in [0.29, 0.717) is 11.8 Å². The monoisotopic (exact) mass is 368 g/mol. The van der Waals surface area contributed by atoms with Gasteiger partial charge in [0.2, 0.25) is 5.91 Å². The third-order valence-electron chi connectivity index (χ3n) is 6.06. The minimum atomic E-state index is 0.0289. The van der Waals surface area contributed by atoms with Gasteiger partial charge in [-0.15, -0.1) is 0 Å². The molecule has 1 aromatic carbocycles. The van der Waals surface area contributed by atoms with Gasteiger partial charge < -0.3 is 10.1 Å². The zero-order valence-electron chi connectivity index (χ0n) is 16.0. The number of carbonyl (C=O) groups is 1. The highest BCUT2D eigenvalue weighted by Gasteiger charge is 2.42. The summed E-state index contributed by atoms with van der Waals surface area (Å²) >= 11 is 0. The Bertz CT molecular complexity index is 775. The van der Waals surface area contributed by atoms with Gasteiger partial charge in [0.25, 0.3) is 0 Å². The van der Waals surface area contributed by atoms with E-state index in [0.717, 1.165) is 38.2 Å². The number of ether oxygens (including phenoxy) is 1. The van der Waals surface area contributed by atoms with Crippen LogP contribution in [0.15, 0.2) is 36.5 Å². The molecule has 2 aliphatic rings. The first-order valence-electron chi connectivity index (χ1n) is 9.74. The van der Waals surface area contributed by atoms with Crippen molar-refractivity contribution in [3.8, 4) is 11.3 Å². The maximum atomic E-state index is 11.5. The fourth-order valence-electron chi connectivity index (χ4n) is 4.84. The number of methoxy groups -OCH3 is 1. The van der Waals surface area contributed by atoms with Crippen molar-refractivity contribution in [1.29, 1.82) is 0 Å². The van der Waals surface area contributed by atoms with E-state index in [1.807, 2.05) is 12.3 Å². The van der Waals surface area contributed by atoms with Gasteiger partial charge in [0, 0.05) is 39.2 Å². The van der Waals surface area contributed by atoms with E-state index in [1.165, 1.54) is 11.1 Å². The van der Waals surface area contributed by atoms with Gasteiger partial charge >= 0.3 is 0 Å². The summed E-state index contributed by atoms with van der Waals surface area (Å²) in [5.74, 6) is 1.27. The molecule has 4 rings (SSSR count). The van der Waals surface area contributed by atoms with Gasteiger partial charge in [-0.2, -0.15) is 5.10 Å². The van der Waals surface area contributed by atoms with E-state index >= 15 is 0 Å². The number of fused-ring (bicyclic) bond motifs is 1. The lowest BCUT2D eigenvalue weighted by Gasteiger charge is -2.37. The molecular weight excluding hydrogens is 340 g/mol. The van der Waals surface area contributed by atoms with Crippen molar-refractivity contribution in [2.24, 2.45) is 11.8 Å². The third kappa shape index (κ3) is 3.92. The molecule has 0 radical (unpaired) electrons. The van der Waals surface area contributed by atoms with Gasteiger partial charge in [0.05, 0.1) is 24.0 Å². The van der Waals surface area contributed by atoms with E-state index < -0.39 is 0 Å². The quantitative estimate of drug-likeness (QED) is 0.850. The highest BCUT2D eigenvalue weighted by molar-refractivity contribution is 5.73. The number of nitrogens with one attached hydrogen (secondary N) is 2. The molecule has 1 aliphatic carbocycles. The summed E-state index contributed by atoms with van der Waals surface area (Å²) in [6.45, 7) is 4.63. The number of carbonyl (C=O) groups excluding carboxylic acids is 1. The number of nitrogens with zero attached hydrogens (tertiary/aromatic N) is 2. The maximum absolute atomic E-state index is 11.5. The Morgan fingerprint density at radius 2 is 2.00 bits per heavy atom. The van der Waals surface area contributed by atoms with E-state index in [9.17, 15) is 4.79 Å². The molecule has 2 fully saturated rings. The fraction of sp³-hybridized carbons (Fsp3) is 0.524. The number of benzene rings is 1. The summed E-state index contributed by atoms with van der Waals surface area (Å²) in [4.78, 5) is 14.0. The highest BCUT2D eigenvalue weighted by Crippen LogP contribution is 2.38. The van der Waals surface area contributed by atoms with Crippen LogP contribution in [0.5, 0.6) is 0 Å². The fourth-order valence-corrected chi connectivity index (χ4v) is 4.84. The summed E-state index contributed by atoms with van der Waals surface area (Å²) in [6, 6.07) is 10.5. The van der Waals surface area contributed by atoms with Crippen molar-refractivity contribution >= 4 is 5.91 Å². The molecule has 0 spiro atoms. The molecule has 6 heteroatoms. The van der Waals surface area contributed by atoms with Crippen molar-refractivity contribution in [2.75, 3.05) is 20.2 Å². The maximum Gasteiger partial charge on any atom is 0.217 e. The zero-order chi connectivity index (χ0) is 18.8. The molecule has 1 saturated carbocycles. The lowest BCUT2D eigenvalue weighted by molar-refractivity contribution is -0.121. The van der Waals surface area contributed by atoms with Gasteiger partial charge in [-0.1, -0.05) is 30.3 Å². The van der Waals surface area contributed by atoms with Crippen molar-refractivity contribution in [3.05, 3.63) is 42.1 Å². The molecule has 2 heterocycles. The number of hydrogen-bond donors (Lipinski definition) is 2. The number of amides is 1. The predicted octanol–water partition coefficient (Wildman–Crippen LogP) is 2.44. The molecule has 2 aromatic rings. The summed E-state index contributed by atoms with van der Waals surface area (Å²) in [7, 11) is 1.75. The van der Waals surface area contributed by atoms with Gasteiger partial charge in [-0.25, -0.2) is 0 Å². The van der Waals surface area contributed by atoms with Crippen LogP contribution in [0.4, 0.5) is 0 Å². The van der Waals surface area contributed by atoms with Crippen molar-refractivity contribution < 1.29 is 9.53 Å². The molecular formula is C21H28N4O2. The van der Waals surface area contributed by atoms with E-state index in [1.54, 1.807) is 14.0 Å². The van der Waals surface area contributed by atoms with Crippen molar-refractivity contribution in [3.63, 3.8) is 0 Å². The number of rotatable bonds is 5. The second kappa shape index (κ2) is 7.82. The third-order valence-corrected chi connectivity index (χ3v) is 6.06. The van der Waals surface area contributed by atoms with Crippen LogP contribution in [-0.2, 0) is 16.1 Å². The van der Waals surface area contributed by atoms with Crippen molar-refractivity contribution in [2.45, 2.75) is 38.5 Å². The summed E-state index contributed by atoms with van der Waals surface area (Å²) in [5.41, 5.74) is 3.52. The first kappa shape index (κ1) is 18.2. The smallest absolute Gasteiger partial charge is 0.217 e. The van der Waals surface area contributed by atoms with Gasteiger partial charge in [-0.3, -0.25) is 14.8 Å². The standard InChI is InChI=1S/C21H28N4O2/c1-14(26)23-19-8-16-11-25(12-17(16)9-20(19)27-2)13-18-10-22-24-21(18)15-6-4-3-5-7-15/h3-7,10,16-17,19-20H,8-9,11-13H2,1-2H3,(H,22,24)(H,23,26)/t16-,17+,19-,20-/m1/s1. The SMILES string of the molecule is CO[C@@H]1C[C@H]2CN(Cc3cn[nH]c3-c3ccccc3)C[C@H]2C[C@H]1NC(C)=O. The first-order chi connectivity index (χ1) is 13.1. The Labute approximate surface area is 160 Å². The van der Waals surface area contributed by atoms with Gasteiger partial charge in [-0.05, 0) is 30.2 Å². The summed E-state index contributed by atoms with van der Waals surface area (Å²) in [6.07, 6.45) is 4.07. The molecule has 1 saturated heterocycles. The average Bonchev–Trinajstić information content (AvgIpc) is 3.27. The topological polar surface area (TPSA) is 70.2 Å². The Kier molecular flexibility index (Phi) is 5.27. The molecule has 0 bridgehead atoms. The molecule has 27 heavy (non-hydrogen) atoms. The van der Waals surface area contributed by atoms with Crippen LogP contribution in [0.25, 0.3) is 11.3 Å². The average molecular weight is 368 g/mol. The van der Waals surface area contributed by atoms with Crippen LogP contribution < -0.4 is 5.32 Å². The largest absolute Gasteiger partial charge is 0.379 e.